The highest BCUT2D eigenvalue weighted by Crippen LogP contribution is 2.35. The molecule has 0 bridgehead atoms. The summed E-state index contributed by atoms with van der Waals surface area (Å²) in [5, 5.41) is 5.71. The Balaban J connectivity index is 0.000000181. The molecule has 3 fully saturated rings. The zero-order valence-electron chi connectivity index (χ0n) is 37.8. The monoisotopic (exact) mass is 863 g/mol. The average Bonchev–Trinajstić information content (AvgIpc) is 3.36. The number of ether oxygens (including phenoxy) is 2. The van der Waals surface area contributed by atoms with Gasteiger partial charge in [0.25, 0.3) is 11.1 Å². The Morgan fingerprint density at radius 1 is 0.609 bits per heavy atom. The van der Waals surface area contributed by atoms with E-state index in [1.54, 1.807) is 9.13 Å². The number of rotatable bonds is 13. The smallest absolute Gasteiger partial charge is 0.255 e. The fourth-order valence-electron chi connectivity index (χ4n) is 10.6. The maximum Gasteiger partial charge on any atom is 0.255 e. The van der Waals surface area contributed by atoms with Crippen LogP contribution in [0.4, 0.5) is 0 Å². The predicted octanol–water partition coefficient (Wildman–Crippen LogP) is 9.50. The lowest BCUT2D eigenvalue weighted by molar-refractivity contribution is -0.137. The molecule has 2 saturated heterocycles. The van der Waals surface area contributed by atoms with E-state index in [1.165, 1.54) is 17.5 Å². The SMILES string of the molecule is Cn1c(=O)c(CN(CC(c2ccccc2)C2CCOCC2)C(=O)C2CCCCC2)cc2ccccc21.Cn1c(=O)c(CNCC(c2ccccc2)C2CCOCC2)cc2ccccc21. The number of nitrogens with zero attached hydrogens (tertiary/aromatic N) is 3. The molecule has 9 rings (SSSR count). The predicted molar refractivity (Wildman–Crippen MR) is 258 cm³/mol. The van der Waals surface area contributed by atoms with Crippen LogP contribution in [-0.2, 0) is 41.5 Å². The van der Waals surface area contributed by atoms with Crippen LogP contribution in [0, 0.1) is 17.8 Å². The van der Waals surface area contributed by atoms with Gasteiger partial charge >= 0.3 is 0 Å². The summed E-state index contributed by atoms with van der Waals surface area (Å²) in [6, 6.07) is 41.4. The van der Waals surface area contributed by atoms with Gasteiger partial charge in [0.05, 0.1) is 17.6 Å². The molecule has 0 radical (unpaired) electrons. The molecular formula is C55H66N4O5. The number of amides is 1. The lowest BCUT2D eigenvalue weighted by Gasteiger charge is -2.37. The molecular weight excluding hydrogens is 797 g/mol. The van der Waals surface area contributed by atoms with E-state index in [2.05, 4.69) is 66.0 Å². The zero-order valence-corrected chi connectivity index (χ0v) is 37.8. The van der Waals surface area contributed by atoms with E-state index in [-0.39, 0.29) is 28.9 Å². The second kappa shape index (κ2) is 22.0. The summed E-state index contributed by atoms with van der Waals surface area (Å²) in [5.74, 6) is 2.03. The summed E-state index contributed by atoms with van der Waals surface area (Å²) in [6.45, 7) is 5.69. The second-order valence-electron chi connectivity index (χ2n) is 18.3. The van der Waals surface area contributed by atoms with Gasteiger partial charge in [0, 0.05) is 83.1 Å². The molecule has 9 nitrogen and oxygen atoms in total. The second-order valence-corrected chi connectivity index (χ2v) is 18.3. The lowest BCUT2D eigenvalue weighted by Crippen LogP contribution is -2.42. The molecule has 0 spiro atoms. The first-order valence-corrected chi connectivity index (χ1v) is 23.8. The van der Waals surface area contributed by atoms with E-state index in [0.717, 1.165) is 112 Å². The molecule has 4 heterocycles. The molecule has 1 amide bonds. The quantitative estimate of drug-likeness (QED) is 0.124. The summed E-state index contributed by atoms with van der Waals surface area (Å²) in [5.41, 5.74) is 6.11. The van der Waals surface area contributed by atoms with Gasteiger partial charge in [-0.2, -0.15) is 0 Å². The molecule has 2 aliphatic heterocycles. The first-order chi connectivity index (χ1) is 31.4. The molecule has 9 heteroatoms. The van der Waals surface area contributed by atoms with E-state index in [4.69, 9.17) is 9.47 Å². The zero-order chi connectivity index (χ0) is 44.3. The Morgan fingerprint density at radius 2 is 1.08 bits per heavy atom. The third-order valence-corrected chi connectivity index (χ3v) is 14.3. The van der Waals surface area contributed by atoms with Crippen LogP contribution < -0.4 is 16.4 Å². The third kappa shape index (κ3) is 10.9. The Hall–Kier alpha value is -5.35. The largest absolute Gasteiger partial charge is 0.381 e. The van der Waals surface area contributed by atoms with Crippen LogP contribution in [0.1, 0.15) is 91.9 Å². The Bertz CT molecular complexity index is 2550. The van der Waals surface area contributed by atoms with Gasteiger partial charge in [-0.15, -0.1) is 0 Å². The van der Waals surface area contributed by atoms with E-state index >= 15 is 0 Å². The van der Waals surface area contributed by atoms with Crippen LogP contribution >= 0.6 is 0 Å². The molecule has 6 aromatic rings. The fourth-order valence-corrected chi connectivity index (χ4v) is 10.6. The molecule has 1 N–H and O–H groups in total. The third-order valence-electron chi connectivity index (χ3n) is 14.3. The molecule has 2 atom stereocenters. The van der Waals surface area contributed by atoms with Gasteiger partial charge in [0.15, 0.2) is 0 Å². The highest BCUT2D eigenvalue weighted by molar-refractivity contribution is 5.81. The molecule has 3 aliphatic rings. The van der Waals surface area contributed by atoms with E-state index in [0.29, 0.717) is 43.0 Å². The van der Waals surface area contributed by atoms with Crippen molar-refractivity contribution in [3.8, 4) is 0 Å². The number of benzene rings is 4. The van der Waals surface area contributed by atoms with Crippen LogP contribution in [0.2, 0.25) is 0 Å². The molecule has 336 valence electrons. The number of nitrogens with one attached hydrogen (secondary N) is 1. The number of pyridine rings is 2. The van der Waals surface area contributed by atoms with Crippen LogP contribution in [0.5, 0.6) is 0 Å². The molecule has 1 saturated carbocycles. The summed E-state index contributed by atoms with van der Waals surface area (Å²) >= 11 is 0. The lowest BCUT2D eigenvalue weighted by atomic mass is 9.80. The van der Waals surface area contributed by atoms with Crippen LogP contribution in [0.15, 0.2) is 131 Å². The van der Waals surface area contributed by atoms with Crippen molar-refractivity contribution >= 4 is 27.7 Å². The number of hydrogen-bond acceptors (Lipinski definition) is 6. The number of aromatic nitrogens is 2. The van der Waals surface area contributed by atoms with Gasteiger partial charge in [0.2, 0.25) is 5.91 Å². The molecule has 1 aliphatic carbocycles. The van der Waals surface area contributed by atoms with E-state index in [9.17, 15) is 14.4 Å². The minimum atomic E-state index is -0.0162. The summed E-state index contributed by atoms with van der Waals surface area (Å²) in [4.78, 5) is 42.1. The van der Waals surface area contributed by atoms with Crippen LogP contribution in [-0.4, -0.2) is 59.5 Å². The molecule has 2 unspecified atom stereocenters. The van der Waals surface area contributed by atoms with Crippen molar-refractivity contribution in [3.63, 3.8) is 0 Å². The van der Waals surface area contributed by atoms with Crippen molar-refractivity contribution in [2.24, 2.45) is 31.8 Å². The number of carbonyl (C=O) groups is 1. The summed E-state index contributed by atoms with van der Waals surface area (Å²) in [7, 11) is 3.68. The highest BCUT2D eigenvalue weighted by atomic mass is 16.5. The van der Waals surface area contributed by atoms with Crippen molar-refractivity contribution in [1.29, 1.82) is 0 Å². The van der Waals surface area contributed by atoms with E-state index < -0.39 is 0 Å². The standard InChI is InChI=1S/C31H38N2O3.C24H28N2O2/c1-32-29-15-9-8-14-26(29)20-27(30(32)34)21-33(31(35)25-12-6-3-7-13-25)22-28(23-10-4-2-5-11-23)24-16-18-36-19-17-24;1-26-23-10-6-5-9-20(23)15-21(24(26)27)16-25-17-22(18-7-3-2-4-8-18)19-11-13-28-14-12-19/h2,4-5,8-11,14-15,20,24-25,28H,3,6-7,12-13,16-19,21-22H2,1H3;2-10,15,19,22,25H,11-14,16-17H2,1H3. The average molecular weight is 863 g/mol. The van der Waals surface area contributed by atoms with Crippen molar-refractivity contribution < 1.29 is 14.3 Å². The number of carbonyl (C=O) groups excluding carboxylic acids is 1. The minimum absolute atomic E-state index is 0.0162. The Labute approximate surface area is 378 Å². The van der Waals surface area contributed by atoms with Gasteiger partial charge < -0.3 is 28.8 Å². The topological polar surface area (TPSA) is 94.8 Å². The summed E-state index contributed by atoms with van der Waals surface area (Å²) in [6.07, 6.45) is 9.55. The number of aryl methyl sites for hydroxylation is 2. The maximum absolute atomic E-state index is 14.0. The van der Waals surface area contributed by atoms with Crippen molar-refractivity contribution in [2.75, 3.05) is 39.5 Å². The van der Waals surface area contributed by atoms with Crippen LogP contribution in [0.3, 0.4) is 0 Å². The molecule has 2 aromatic heterocycles. The summed E-state index contributed by atoms with van der Waals surface area (Å²) < 4.78 is 14.7. The Kier molecular flexibility index (Phi) is 15.6. The molecule has 64 heavy (non-hydrogen) atoms. The number of para-hydroxylation sites is 2. The van der Waals surface area contributed by atoms with Gasteiger partial charge in [-0.05, 0) is 102 Å². The Morgan fingerprint density at radius 3 is 1.64 bits per heavy atom. The van der Waals surface area contributed by atoms with Gasteiger partial charge in [-0.1, -0.05) is 116 Å². The number of hydrogen-bond donors (Lipinski definition) is 1. The van der Waals surface area contributed by atoms with Crippen LogP contribution in [0.25, 0.3) is 21.8 Å². The number of fused-ring (bicyclic) bond motifs is 2. The highest BCUT2D eigenvalue weighted by Gasteiger charge is 2.33. The van der Waals surface area contributed by atoms with Gasteiger partial charge in [-0.25, -0.2) is 0 Å². The first-order valence-electron chi connectivity index (χ1n) is 23.8. The fraction of sp³-hybridized carbons (Fsp3) is 0.436. The van der Waals surface area contributed by atoms with Gasteiger partial charge in [0.1, 0.15) is 0 Å². The molecule has 4 aromatic carbocycles. The van der Waals surface area contributed by atoms with E-state index in [1.807, 2.05) is 79.7 Å². The van der Waals surface area contributed by atoms with Gasteiger partial charge in [-0.3, -0.25) is 14.4 Å². The first kappa shape index (κ1) is 45.2. The maximum atomic E-state index is 14.0. The van der Waals surface area contributed by atoms with Crippen molar-refractivity contribution in [3.05, 3.63) is 164 Å². The minimum Gasteiger partial charge on any atom is -0.381 e. The normalized spacial score (nSPS) is 17.4. The van der Waals surface area contributed by atoms with Crippen molar-refractivity contribution in [2.45, 2.75) is 82.7 Å². The van der Waals surface area contributed by atoms with Crippen molar-refractivity contribution in [1.82, 2.24) is 19.4 Å².